The molecule has 26 heavy (non-hydrogen) atoms. The van der Waals surface area contributed by atoms with E-state index in [9.17, 15) is 14.7 Å². The van der Waals surface area contributed by atoms with Gasteiger partial charge in [-0.15, -0.1) is 0 Å². The molecule has 1 aliphatic rings. The van der Waals surface area contributed by atoms with Gasteiger partial charge in [-0.05, 0) is 48.7 Å². The number of ether oxygens (including phenoxy) is 2. The van der Waals surface area contributed by atoms with Crippen LogP contribution in [-0.4, -0.2) is 42.6 Å². The van der Waals surface area contributed by atoms with Gasteiger partial charge in [0.1, 0.15) is 5.76 Å². The molecule has 0 fully saturated rings. The molecule has 2 heterocycles. The number of aryl methyl sites for hydroxylation is 1. The Hall–Kier alpha value is -2.96. The van der Waals surface area contributed by atoms with Crippen molar-refractivity contribution in [2.24, 2.45) is 0 Å². The lowest BCUT2D eigenvalue weighted by atomic mass is 9.89. The van der Waals surface area contributed by atoms with Crippen LogP contribution in [0.2, 0.25) is 0 Å². The summed E-state index contributed by atoms with van der Waals surface area (Å²) < 4.78 is 16.1. The smallest absolute Gasteiger partial charge is 0.305 e. The van der Waals surface area contributed by atoms with E-state index in [1.807, 2.05) is 6.07 Å². The van der Waals surface area contributed by atoms with Crippen molar-refractivity contribution in [2.45, 2.75) is 25.8 Å². The molecule has 0 saturated carbocycles. The highest BCUT2D eigenvalue weighted by Gasteiger charge is 2.35. The number of amides is 1. The second kappa shape index (κ2) is 7.11. The van der Waals surface area contributed by atoms with E-state index in [0.29, 0.717) is 30.2 Å². The Labute approximate surface area is 151 Å². The number of carboxylic acids is 1. The zero-order valence-corrected chi connectivity index (χ0v) is 14.9. The van der Waals surface area contributed by atoms with Gasteiger partial charge in [0.05, 0.1) is 26.7 Å². The largest absolute Gasteiger partial charge is 0.493 e. The molecule has 7 nitrogen and oxygen atoms in total. The van der Waals surface area contributed by atoms with Crippen LogP contribution in [0, 0.1) is 6.92 Å². The minimum atomic E-state index is -0.980. The van der Waals surface area contributed by atoms with Crippen LogP contribution in [-0.2, 0) is 11.2 Å². The van der Waals surface area contributed by atoms with Crippen LogP contribution >= 0.6 is 0 Å². The van der Waals surface area contributed by atoms with Gasteiger partial charge in [-0.25, -0.2) is 0 Å². The Morgan fingerprint density at radius 2 is 1.92 bits per heavy atom. The lowest BCUT2D eigenvalue weighted by molar-refractivity contribution is -0.138. The van der Waals surface area contributed by atoms with Crippen molar-refractivity contribution in [3.8, 4) is 11.5 Å². The van der Waals surface area contributed by atoms with Crippen LogP contribution in [0.15, 0.2) is 28.7 Å². The Kier molecular flexibility index (Phi) is 4.88. The predicted molar refractivity (Wildman–Crippen MR) is 92.7 cm³/mol. The lowest BCUT2D eigenvalue weighted by Crippen LogP contribution is -2.41. The van der Waals surface area contributed by atoms with Crippen molar-refractivity contribution in [1.29, 1.82) is 0 Å². The molecule has 1 atom stereocenters. The normalized spacial score (nSPS) is 16.1. The van der Waals surface area contributed by atoms with Crippen molar-refractivity contribution in [2.75, 3.05) is 20.8 Å². The summed E-state index contributed by atoms with van der Waals surface area (Å²) in [7, 11) is 3.07. The van der Waals surface area contributed by atoms with Gasteiger partial charge in [-0.1, -0.05) is 0 Å². The zero-order chi connectivity index (χ0) is 18.8. The van der Waals surface area contributed by atoms with E-state index in [4.69, 9.17) is 13.9 Å². The van der Waals surface area contributed by atoms with Crippen LogP contribution in [0.1, 0.15) is 39.9 Å². The number of carbonyl (C=O) groups excluding carboxylic acids is 1. The number of rotatable bonds is 5. The van der Waals surface area contributed by atoms with E-state index in [0.717, 1.165) is 11.1 Å². The molecule has 1 aromatic heterocycles. The standard InChI is InChI=1S/C19H21NO6/c1-11-4-5-15(26-11)19(23)20-7-6-12-8-16(24-2)17(25-3)9-13(12)14(20)10-18(21)22/h4-5,8-9,14H,6-7,10H2,1-3H3,(H,21,22)/t14-/m1/s1. The molecule has 3 rings (SSSR count). The maximum absolute atomic E-state index is 12.9. The summed E-state index contributed by atoms with van der Waals surface area (Å²) in [5.41, 5.74) is 1.71. The van der Waals surface area contributed by atoms with Crippen LogP contribution in [0.5, 0.6) is 11.5 Å². The van der Waals surface area contributed by atoms with Gasteiger partial charge in [0.2, 0.25) is 0 Å². The summed E-state index contributed by atoms with van der Waals surface area (Å²) in [5.74, 6) is 0.635. The SMILES string of the molecule is COc1cc2c(cc1OC)[C@@H](CC(=O)O)N(C(=O)c1ccc(C)o1)CC2. The van der Waals surface area contributed by atoms with Crippen molar-refractivity contribution in [3.63, 3.8) is 0 Å². The lowest BCUT2D eigenvalue weighted by Gasteiger charge is -2.36. The van der Waals surface area contributed by atoms with Gasteiger partial charge in [0, 0.05) is 6.54 Å². The van der Waals surface area contributed by atoms with Crippen molar-refractivity contribution in [3.05, 3.63) is 46.9 Å². The third-order valence-corrected chi connectivity index (χ3v) is 4.58. The van der Waals surface area contributed by atoms with Gasteiger partial charge >= 0.3 is 5.97 Å². The molecular formula is C19H21NO6. The first-order chi connectivity index (χ1) is 12.4. The van der Waals surface area contributed by atoms with Crippen molar-refractivity contribution < 1.29 is 28.6 Å². The molecule has 0 unspecified atom stereocenters. The van der Waals surface area contributed by atoms with Gasteiger partial charge in [0.15, 0.2) is 17.3 Å². The molecule has 7 heteroatoms. The molecular weight excluding hydrogens is 338 g/mol. The first-order valence-corrected chi connectivity index (χ1v) is 8.28. The monoisotopic (exact) mass is 359 g/mol. The number of fused-ring (bicyclic) bond motifs is 1. The highest BCUT2D eigenvalue weighted by molar-refractivity contribution is 5.92. The average molecular weight is 359 g/mol. The number of hydrogen-bond donors (Lipinski definition) is 1. The molecule has 1 aromatic carbocycles. The molecule has 0 spiro atoms. The molecule has 0 saturated heterocycles. The summed E-state index contributed by atoms with van der Waals surface area (Å²) >= 11 is 0. The molecule has 2 aromatic rings. The fourth-order valence-electron chi connectivity index (χ4n) is 3.35. The molecule has 0 aliphatic carbocycles. The van der Waals surface area contributed by atoms with E-state index >= 15 is 0 Å². The Morgan fingerprint density at radius 1 is 1.23 bits per heavy atom. The number of hydrogen-bond acceptors (Lipinski definition) is 5. The summed E-state index contributed by atoms with van der Waals surface area (Å²) in [6.45, 7) is 2.16. The van der Waals surface area contributed by atoms with Gasteiger partial charge < -0.3 is 23.9 Å². The van der Waals surface area contributed by atoms with Gasteiger partial charge in [-0.2, -0.15) is 0 Å². The highest BCUT2D eigenvalue weighted by atomic mass is 16.5. The molecule has 1 N–H and O–H groups in total. The Balaban J connectivity index is 2.03. The maximum atomic E-state index is 12.9. The van der Waals surface area contributed by atoms with Crippen LogP contribution in [0.4, 0.5) is 0 Å². The third-order valence-electron chi connectivity index (χ3n) is 4.58. The van der Waals surface area contributed by atoms with E-state index in [1.165, 1.54) is 7.11 Å². The summed E-state index contributed by atoms with van der Waals surface area (Å²) in [5, 5.41) is 9.38. The van der Waals surface area contributed by atoms with Crippen LogP contribution in [0.25, 0.3) is 0 Å². The second-order valence-corrected chi connectivity index (χ2v) is 6.18. The number of aliphatic carboxylic acids is 1. The second-order valence-electron chi connectivity index (χ2n) is 6.18. The average Bonchev–Trinajstić information content (AvgIpc) is 3.06. The minimum absolute atomic E-state index is 0.200. The molecule has 0 bridgehead atoms. The molecule has 1 aliphatic heterocycles. The summed E-state index contributed by atoms with van der Waals surface area (Å²) in [6, 6.07) is 6.33. The quantitative estimate of drug-likeness (QED) is 0.883. The zero-order valence-electron chi connectivity index (χ0n) is 14.9. The Bertz CT molecular complexity index is 841. The Morgan fingerprint density at radius 3 is 2.50 bits per heavy atom. The number of furan rings is 1. The van der Waals surface area contributed by atoms with Gasteiger partial charge in [-0.3, -0.25) is 9.59 Å². The molecule has 1 amide bonds. The molecule has 0 radical (unpaired) electrons. The number of methoxy groups -OCH3 is 2. The minimum Gasteiger partial charge on any atom is -0.493 e. The van der Waals surface area contributed by atoms with E-state index in [-0.39, 0.29) is 18.1 Å². The maximum Gasteiger partial charge on any atom is 0.305 e. The van der Waals surface area contributed by atoms with Gasteiger partial charge in [0.25, 0.3) is 5.91 Å². The first-order valence-electron chi connectivity index (χ1n) is 8.28. The third kappa shape index (κ3) is 3.24. The number of nitrogens with zero attached hydrogens (tertiary/aromatic N) is 1. The van der Waals surface area contributed by atoms with Crippen molar-refractivity contribution >= 4 is 11.9 Å². The summed E-state index contributed by atoms with van der Waals surface area (Å²) in [6.07, 6.45) is 0.394. The first kappa shape index (κ1) is 17.8. The fourth-order valence-corrected chi connectivity index (χ4v) is 3.35. The van der Waals surface area contributed by atoms with E-state index < -0.39 is 12.0 Å². The van der Waals surface area contributed by atoms with Crippen LogP contribution in [0.3, 0.4) is 0 Å². The van der Waals surface area contributed by atoms with E-state index in [1.54, 1.807) is 37.1 Å². The highest BCUT2D eigenvalue weighted by Crippen LogP contribution is 2.40. The number of benzene rings is 1. The predicted octanol–water partition coefficient (Wildman–Crippen LogP) is 2.82. The molecule has 138 valence electrons. The fraction of sp³-hybridized carbons (Fsp3) is 0.368. The van der Waals surface area contributed by atoms with E-state index in [2.05, 4.69) is 0 Å². The topological polar surface area (TPSA) is 89.2 Å². The number of carbonyl (C=O) groups is 2. The summed E-state index contributed by atoms with van der Waals surface area (Å²) in [4.78, 5) is 25.9. The van der Waals surface area contributed by atoms with Crippen molar-refractivity contribution in [1.82, 2.24) is 4.90 Å². The van der Waals surface area contributed by atoms with Crippen LogP contribution < -0.4 is 9.47 Å². The number of carboxylic acid groups (broad SMARTS) is 1.